The number of aromatic nitrogens is 4. The Kier molecular flexibility index (Phi) is 4.29. The third-order valence-electron chi connectivity index (χ3n) is 4.22. The van der Waals surface area contributed by atoms with Crippen molar-refractivity contribution in [3.05, 3.63) is 30.6 Å². The van der Waals surface area contributed by atoms with E-state index in [2.05, 4.69) is 20.3 Å². The molecule has 0 radical (unpaired) electrons. The van der Waals surface area contributed by atoms with Crippen LogP contribution in [0.3, 0.4) is 0 Å². The highest BCUT2D eigenvalue weighted by atomic mass is 19.1. The number of nitrogens with zero attached hydrogens (tertiary/aromatic N) is 4. The maximum absolute atomic E-state index is 14.0. The molecule has 0 aliphatic carbocycles. The molecule has 26 heavy (non-hydrogen) atoms. The van der Waals surface area contributed by atoms with Gasteiger partial charge in [-0.1, -0.05) is 0 Å². The second-order valence-electron chi connectivity index (χ2n) is 5.86. The van der Waals surface area contributed by atoms with E-state index < -0.39 is 6.08 Å². The molecule has 136 valence electrons. The fourth-order valence-corrected chi connectivity index (χ4v) is 2.98. The van der Waals surface area contributed by atoms with Gasteiger partial charge in [-0.3, -0.25) is 4.57 Å². The van der Waals surface area contributed by atoms with Gasteiger partial charge in [-0.05, 0) is 12.8 Å². The minimum absolute atomic E-state index is 0.181. The van der Waals surface area contributed by atoms with Crippen LogP contribution in [0.15, 0.2) is 24.5 Å². The smallest absolute Gasteiger partial charge is 0.312 e. The number of hydrogen-bond donors (Lipinski definition) is 1. The minimum atomic E-state index is -0.838. The molecule has 0 amide bonds. The number of imidazole rings is 1. The summed E-state index contributed by atoms with van der Waals surface area (Å²) in [5.74, 6) is 1.46. The van der Waals surface area contributed by atoms with Gasteiger partial charge in [0.1, 0.15) is 17.7 Å². The van der Waals surface area contributed by atoms with Crippen LogP contribution < -0.4 is 14.8 Å². The van der Waals surface area contributed by atoms with E-state index in [1.54, 1.807) is 43.3 Å². The van der Waals surface area contributed by atoms with Crippen LogP contribution >= 0.6 is 0 Å². The third-order valence-corrected chi connectivity index (χ3v) is 4.22. The van der Waals surface area contributed by atoms with Gasteiger partial charge in [0.2, 0.25) is 0 Å². The normalized spacial score (nSPS) is 16.8. The predicted octanol–water partition coefficient (Wildman–Crippen LogP) is 3.04. The lowest BCUT2D eigenvalue weighted by Gasteiger charge is -2.12. The molecule has 3 aromatic rings. The molecule has 1 aromatic carbocycles. The van der Waals surface area contributed by atoms with E-state index in [0.29, 0.717) is 35.0 Å². The summed E-state index contributed by atoms with van der Waals surface area (Å²) >= 11 is 0. The zero-order valence-corrected chi connectivity index (χ0v) is 14.4. The Morgan fingerprint density at radius 1 is 1.19 bits per heavy atom. The Labute approximate surface area is 148 Å². The quantitative estimate of drug-likeness (QED) is 0.701. The zero-order valence-electron chi connectivity index (χ0n) is 14.4. The monoisotopic (exact) mass is 359 g/mol. The number of methoxy groups -OCH3 is 2. The average molecular weight is 359 g/mol. The Morgan fingerprint density at radius 2 is 1.96 bits per heavy atom. The van der Waals surface area contributed by atoms with E-state index in [1.165, 1.54) is 0 Å². The fourth-order valence-electron chi connectivity index (χ4n) is 2.98. The van der Waals surface area contributed by atoms with Crippen molar-refractivity contribution in [1.29, 1.82) is 0 Å². The Bertz CT molecular complexity index is 917. The first kappa shape index (κ1) is 16.5. The molecule has 9 heteroatoms. The third kappa shape index (κ3) is 3.01. The van der Waals surface area contributed by atoms with E-state index in [9.17, 15) is 4.39 Å². The molecule has 1 aliphatic rings. The molecule has 0 bridgehead atoms. The first-order valence-corrected chi connectivity index (χ1v) is 8.19. The Hall–Kier alpha value is -2.94. The molecule has 1 aliphatic heterocycles. The fraction of sp³-hybridized carbons (Fsp3) is 0.353. The van der Waals surface area contributed by atoms with Crippen LogP contribution in [0.1, 0.15) is 19.1 Å². The van der Waals surface area contributed by atoms with E-state index >= 15 is 0 Å². The maximum atomic E-state index is 14.0. The van der Waals surface area contributed by atoms with Crippen molar-refractivity contribution < 1.29 is 18.6 Å². The van der Waals surface area contributed by atoms with Crippen molar-refractivity contribution >= 4 is 22.7 Å². The number of fused-ring (bicyclic) bond motifs is 1. The van der Waals surface area contributed by atoms with E-state index in [-0.39, 0.29) is 12.0 Å². The van der Waals surface area contributed by atoms with Crippen LogP contribution in [0.5, 0.6) is 11.5 Å². The SMILES string of the molecule is COc1cc(Nc2nc(F)nc3c2ncn3C2CCCO2)cc(OC)c1. The maximum Gasteiger partial charge on any atom is 0.312 e. The van der Waals surface area contributed by atoms with Gasteiger partial charge in [0.05, 0.1) is 20.5 Å². The lowest BCUT2D eigenvalue weighted by Crippen LogP contribution is -2.08. The number of rotatable bonds is 5. The van der Waals surface area contributed by atoms with Crippen molar-refractivity contribution in [1.82, 2.24) is 19.5 Å². The summed E-state index contributed by atoms with van der Waals surface area (Å²) in [7, 11) is 3.12. The van der Waals surface area contributed by atoms with Crippen molar-refractivity contribution in [3.8, 4) is 11.5 Å². The lowest BCUT2D eigenvalue weighted by molar-refractivity contribution is 0.0592. The van der Waals surface area contributed by atoms with E-state index in [0.717, 1.165) is 12.8 Å². The van der Waals surface area contributed by atoms with Crippen molar-refractivity contribution in [2.75, 3.05) is 26.1 Å². The summed E-state index contributed by atoms with van der Waals surface area (Å²) in [4.78, 5) is 12.1. The van der Waals surface area contributed by atoms with E-state index in [1.807, 2.05) is 0 Å². The number of halogens is 1. The lowest BCUT2D eigenvalue weighted by atomic mass is 10.2. The van der Waals surface area contributed by atoms with E-state index in [4.69, 9.17) is 14.2 Å². The molecule has 1 saturated heterocycles. The molecule has 0 saturated carbocycles. The van der Waals surface area contributed by atoms with Gasteiger partial charge in [-0.15, -0.1) is 0 Å². The molecular formula is C17H18FN5O3. The number of anilines is 2. The molecule has 1 unspecified atom stereocenters. The van der Waals surface area contributed by atoms with Crippen LogP contribution in [0, 0.1) is 6.08 Å². The summed E-state index contributed by atoms with van der Waals surface area (Å²) in [6.45, 7) is 0.673. The molecule has 1 N–H and O–H groups in total. The number of hydrogen-bond acceptors (Lipinski definition) is 7. The average Bonchev–Trinajstić information content (AvgIpc) is 3.30. The highest BCUT2D eigenvalue weighted by Gasteiger charge is 2.22. The van der Waals surface area contributed by atoms with Gasteiger partial charge >= 0.3 is 6.08 Å². The van der Waals surface area contributed by atoms with Crippen LogP contribution in [-0.2, 0) is 4.74 Å². The molecule has 2 aromatic heterocycles. The topological polar surface area (TPSA) is 83.3 Å². The van der Waals surface area contributed by atoms with Crippen LogP contribution in [0.2, 0.25) is 0 Å². The molecule has 3 heterocycles. The molecule has 1 fully saturated rings. The van der Waals surface area contributed by atoms with Crippen LogP contribution in [-0.4, -0.2) is 40.3 Å². The summed E-state index contributed by atoms with van der Waals surface area (Å²) in [5, 5.41) is 3.07. The van der Waals surface area contributed by atoms with Crippen LogP contribution in [0.4, 0.5) is 15.9 Å². The Balaban J connectivity index is 1.75. The first-order valence-electron chi connectivity index (χ1n) is 8.19. The number of nitrogens with one attached hydrogen (secondary N) is 1. The summed E-state index contributed by atoms with van der Waals surface area (Å²) in [6.07, 6.45) is 2.37. The summed E-state index contributed by atoms with van der Waals surface area (Å²) < 4.78 is 31.9. The molecule has 8 nitrogen and oxygen atoms in total. The van der Waals surface area contributed by atoms with Crippen molar-refractivity contribution in [2.45, 2.75) is 19.1 Å². The largest absolute Gasteiger partial charge is 0.497 e. The minimum Gasteiger partial charge on any atom is -0.497 e. The van der Waals surface area contributed by atoms with Crippen LogP contribution in [0.25, 0.3) is 11.2 Å². The molecule has 0 spiro atoms. The first-order chi connectivity index (χ1) is 12.7. The predicted molar refractivity (Wildman–Crippen MR) is 92.3 cm³/mol. The van der Waals surface area contributed by atoms with Gasteiger partial charge in [0.15, 0.2) is 17.0 Å². The van der Waals surface area contributed by atoms with Crippen molar-refractivity contribution in [2.24, 2.45) is 0 Å². The van der Waals surface area contributed by atoms with Crippen molar-refractivity contribution in [3.63, 3.8) is 0 Å². The highest BCUT2D eigenvalue weighted by molar-refractivity contribution is 5.85. The number of benzene rings is 1. The Morgan fingerprint density at radius 3 is 2.62 bits per heavy atom. The summed E-state index contributed by atoms with van der Waals surface area (Å²) in [5.41, 5.74) is 1.48. The molecule has 1 atom stereocenters. The van der Waals surface area contributed by atoms with Gasteiger partial charge in [-0.2, -0.15) is 14.4 Å². The zero-order chi connectivity index (χ0) is 18.1. The standard InChI is InChI=1S/C17H18FN5O3/c1-24-11-6-10(7-12(8-11)25-2)20-15-14-16(22-17(18)21-15)23(9-19-14)13-4-3-5-26-13/h6-9,13H,3-5H2,1-2H3,(H,20,21,22). The highest BCUT2D eigenvalue weighted by Crippen LogP contribution is 2.31. The van der Waals surface area contributed by atoms with Gasteiger partial charge in [-0.25, -0.2) is 4.98 Å². The molecular weight excluding hydrogens is 341 g/mol. The summed E-state index contributed by atoms with van der Waals surface area (Å²) in [6, 6.07) is 5.25. The van der Waals surface area contributed by atoms with Gasteiger partial charge < -0.3 is 19.5 Å². The molecule has 4 rings (SSSR count). The van der Waals surface area contributed by atoms with Gasteiger partial charge in [0, 0.05) is 30.5 Å². The second kappa shape index (κ2) is 6.75. The van der Waals surface area contributed by atoms with Gasteiger partial charge in [0.25, 0.3) is 0 Å². The second-order valence-corrected chi connectivity index (χ2v) is 5.86. The number of ether oxygens (including phenoxy) is 3.